The highest BCUT2D eigenvalue weighted by molar-refractivity contribution is 5.79. The van der Waals surface area contributed by atoms with Crippen LogP contribution in [0.15, 0.2) is 18.5 Å². The molecule has 1 heterocycles. The van der Waals surface area contributed by atoms with E-state index in [0.717, 1.165) is 6.42 Å². The molecule has 2 atom stereocenters. The van der Waals surface area contributed by atoms with E-state index in [1.54, 1.807) is 37.0 Å². The minimum absolute atomic E-state index is 0.131. The summed E-state index contributed by atoms with van der Waals surface area (Å²) in [6.45, 7) is 8.05. The van der Waals surface area contributed by atoms with Crippen molar-refractivity contribution in [3.05, 3.63) is 18.5 Å². The maximum atomic E-state index is 11.9. The summed E-state index contributed by atoms with van der Waals surface area (Å²) in [4.78, 5) is 11.9. The van der Waals surface area contributed by atoms with Crippen molar-refractivity contribution in [2.24, 2.45) is 5.92 Å². The predicted molar refractivity (Wildman–Crippen MR) is 74.6 cm³/mol. The third-order valence-corrected chi connectivity index (χ3v) is 3.20. The summed E-state index contributed by atoms with van der Waals surface area (Å²) in [5.74, 6) is 0.415. The summed E-state index contributed by atoms with van der Waals surface area (Å²) in [5.41, 5.74) is -0.857. The monoisotopic (exact) mass is 267 g/mol. The van der Waals surface area contributed by atoms with Gasteiger partial charge in [-0.05, 0) is 38.7 Å². The number of aromatic nitrogens is 2. The van der Waals surface area contributed by atoms with Gasteiger partial charge in [-0.15, -0.1) is 0 Å². The Balaban J connectivity index is 2.41. The Labute approximate surface area is 115 Å². The van der Waals surface area contributed by atoms with Crippen molar-refractivity contribution in [2.75, 3.05) is 6.54 Å². The molecule has 5 heteroatoms. The second kappa shape index (κ2) is 6.70. The fraction of sp³-hybridized carbons (Fsp3) is 0.714. The molecule has 19 heavy (non-hydrogen) atoms. The van der Waals surface area contributed by atoms with E-state index in [1.165, 1.54) is 0 Å². The zero-order chi connectivity index (χ0) is 14.5. The molecule has 0 radical (unpaired) electrons. The molecular weight excluding hydrogens is 242 g/mol. The number of aliphatic hydroxyl groups is 1. The number of nitrogens with one attached hydrogen (secondary N) is 1. The number of carbonyl (C=O) groups excluding carboxylic acids is 1. The number of nitrogens with zero attached hydrogens (tertiary/aromatic N) is 2. The van der Waals surface area contributed by atoms with Crippen LogP contribution in [0.25, 0.3) is 0 Å². The normalized spacial score (nSPS) is 16.1. The van der Waals surface area contributed by atoms with Crippen LogP contribution in [0.5, 0.6) is 0 Å². The van der Waals surface area contributed by atoms with Crippen LogP contribution in [0.2, 0.25) is 0 Å². The van der Waals surface area contributed by atoms with E-state index in [2.05, 4.69) is 24.3 Å². The van der Waals surface area contributed by atoms with Crippen LogP contribution in [0.4, 0.5) is 0 Å². The van der Waals surface area contributed by atoms with Gasteiger partial charge in [-0.1, -0.05) is 13.8 Å². The third kappa shape index (κ3) is 5.42. The molecule has 0 aromatic carbocycles. The maximum Gasteiger partial charge on any atom is 0.244 e. The highest BCUT2D eigenvalue weighted by Crippen LogP contribution is 2.15. The molecule has 0 aliphatic carbocycles. The molecule has 1 aromatic rings. The number of amides is 1. The zero-order valence-electron chi connectivity index (χ0n) is 12.3. The molecule has 0 bridgehead atoms. The van der Waals surface area contributed by atoms with E-state index in [1.807, 2.05) is 0 Å². The van der Waals surface area contributed by atoms with Gasteiger partial charge < -0.3 is 10.4 Å². The molecule has 0 saturated heterocycles. The molecule has 0 aliphatic heterocycles. The Morgan fingerprint density at radius 3 is 2.68 bits per heavy atom. The second-order valence-corrected chi connectivity index (χ2v) is 5.81. The molecule has 1 rings (SSSR count). The molecule has 2 N–H and O–H groups in total. The highest BCUT2D eigenvalue weighted by atomic mass is 16.3. The van der Waals surface area contributed by atoms with Gasteiger partial charge in [0.25, 0.3) is 0 Å². The summed E-state index contributed by atoms with van der Waals surface area (Å²) in [6, 6.07) is 1.42. The van der Waals surface area contributed by atoms with Crippen LogP contribution < -0.4 is 5.32 Å². The van der Waals surface area contributed by atoms with Gasteiger partial charge in [0.2, 0.25) is 5.91 Å². The molecule has 5 nitrogen and oxygen atoms in total. The lowest BCUT2D eigenvalue weighted by Crippen LogP contribution is -2.43. The van der Waals surface area contributed by atoms with Gasteiger partial charge in [0.05, 0.1) is 5.60 Å². The molecule has 1 aromatic heterocycles. The molecular formula is C14H25N3O2. The number of carbonyl (C=O) groups is 1. The Morgan fingerprint density at radius 2 is 2.16 bits per heavy atom. The maximum absolute atomic E-state index is 11.9. The first kappa shape index (κ1) is 15.7. The minimum atomic E-state index is -0.857. The summed E-state index contributed by atoms with van der Waals surface area (Å²) >= 11 is 0. The van der Waals surface area contributed by atoms with Gasteiger partial charge in [-0.3, -0.25) is 9.48 Å². The highest BCUT2D eigenvalue weighted by Gasteiger charge is 2.23. The Morgan fingerprint density at radius 1 is 1.47 bits per heavy atom. The molecule has 0 fully saturated rings. The lowest BCUT2D eigenvalue weighted by molar-refractivity contribution is -0.125. The van der Waals surface area contributed by atoms with E-state index < -0.39 is 5.60 Å². The van der Waals surface area contributed by atoms with Crippen molar-refractivity contribution >= 4 is 5.91 Å². The van der Waals surface area contributed by atoms with E-state index in [-0.39, 0.29) is 18.5 Å². The van der Waals surface area contributed by atoms with E-state index in [0.29, 0.717) is 12.3 Å². The molecule has 0 spiro atoms. The quantitative estimate of drug-likeness (QED) is 0.791. The first-order valence-corrected chi connectivity index (χ1v) is 6.81. The van der Waals surface area contributed by atoms with Gasteiger partial charge in [0.1, 0.15) is 6.04 Å². The molecule has 0 aliphatic rings. The van der Waals surface area contributed by atoms with E-state index >= 15 is 0 Å². The van der Waals surface area contributed by atoms with Crippen LogP contribution in [-0.2, 0) is 4.79 Å². The van der Waals surface area contributed by atoms with Crippen molar-refractivity contribution < 1.29 is 9.90 Å². The lowest BCUT2D eigenvalue weighted by atomic mass is 9.95. The number of rotatable bonds is 7. The van der Waals surface area contributed by atoms with Crippen molar-refractivity contribution in [3.63, 3.8) is 0 Å². The average molecular weight is 267 g/mol. The molecule has 0 unspecified atom stereocenters. The largest absolute Gasteiger partial charge is 0.388 e. The minimum Gasteiger partial charge on any atom is -0.388 e. The summed E-state index contributed by atoms with van der Waals surface area (Å²) in [5, 5.41) is 17.0. The van der Waals surface area contributed by atoms with Crippen molar-refractivity contribution in [1.82, 2.24) is 15.1 Å². The first-order chi connectivity index (χ1) is 8.82. The Kier molecular flexibility index (Phi) is 5.54. The zero-order valence-corrected chi connectivity index (χ0v) is 12.3. The summed E-state index contributed by atoms with van der Waals surface area (Å²) < 4.78 is 1.60. The van der Waals surface area contributed by atoms with Crippen LogP contribution in [0, 0.1) is 5.92 Å². The third-order valence-electron chi connectivity index (χ3n) is 3.20. The van der Waals surface area contributed by atoms with Gasteiger partial charge >= 0.3 is 0 Å². The van der Waals surface area contributed by atoms with Crippen molar-refractivity contribution in [1.29, 1.82) is 0 Å². The van der Waals surface area contributed by atoms with Crippen LogP contribution in [-0.4, -0.2) is 32.9 Å². The first-order valence-electron chi connectivity index (χ1n) is 6.81. The Bertz CT molecular complexity index is 385. The summed E-state index contributed by atoms with van der Waals surface area (Å²) in [7, 11) is 0. The number of hydrogen-bond donors (Lipinski definition) is 2. The molecule has 1 amide bonds. The van der Waals surface area contributed by atoms with Crippen LogP contribution >= 0.6 is 0 Å². The topological polar surface area (TPSA) is 67.2 Å². The van der Waals surface area contributed by atoms with Crippen molar-refractivity contribution in [3.8, 4) is 0 Å². The summed E-state index contributed by atoms with van der Waals surface area (Å²) in [6.07, 6.45) is 5.02. The van der Waals surface area contributed by atoms with Crippen molar-refractivity contribution in [2.45, 2.75) is 52.2 Å². The second-order valence-electron chi connectivity index (χ2n) is 5.81. The van der Waals surface area contributed by atoms with Gasteiger partial charge in [-0.25, -0.2) is 0 Å². The van der Waals surface area contributed by atoms with Gasteiger partial charge in [-0.2, -0.15) is 5.10 Å². The average Bonchev–Trinajstić information content (AvgIpc) is 2.86. The fourth-order valence-electron chi connectivity index (χ4n) is 1.74. The number of hydrogen-bond acceptors (Lipinski definition) is 3. The van der Waals surface area contributed by atoms with Crippen LogP contribution in [0.3, 0.4) is 0 Å². The fourth-order valence-corrected chi connectivity index (χ4v) is 1.74. The van der Waals surface area contributed by atoms with E-state index in [4.69, 9.17) is 0 Å². The van der Waals surface area contributed by atoms with Gasteiger partial charge in [0, 0.05) is 18.9 Å². The lowest BCUT2D eigenvalue weighted by Gasteiger charge is -2.25. The van der Waals surface area contributed by atoms with Gasteiger partial charge in [0.15, 0.2) is 0 Å². The standard InChI is InChI=1S/C14H25N3O2/c1-11(2)6-7-14(4,19)10-15-13(18)12(3)17-9-5-8-16-17/h5,8-9,11-12,19H,6-7,10H2,1-4H3,(H,15,18)/t12-,14+/m0/s1. The molecule has 0 saturated carbocycles. The molecule has 108 valence electrons. The van der Waals surface area contributed by atoms with Crippen LogP contribution in [0.1, 0.15) is 46.6 Å². The van der Waals surface area contributed by atoms with E-state index in [9.17, 15) is 9.90 Å². The Hall–Kier alpha value is -1.36. The SMILES string of the molecule is CC(C)CC[C@@](C)(O)CNC(=O)[C@H](C)n1cccn1. The predicted octanol–water partition coefficient (Wildman–Crippen LogP) is 1.75. The smallest absolute Gasteiger partial charge is 0.244 e.